The highest BCUT2D eigenvalue weighted by Crippen LogP contribution is 2.39. The zero-order valence-electron chi connectivity index (χ0n) is 19.9. The van der Waals surface area contributed by atoms with Crippen LogP contribution in [0.1, 0.15) is 50.8 Å². The molecule has 0 saturated carbocycles. The van der Waals surface area contributed by atoms with Crippen molar-refractivity contribution in [2.75, 3.05) is 6.61 Å². The monoisotopic (exact) mass is 514 g/mol. The van der Waals surface area contributed by atoms with Crippen molar-refractivity contribution in [1.82, 2.24) is 19.9 Å². The number of halogens is 5. The lowest BCUT2D eigenvalue weighted by Gasteiger charge is -2.41. The number of nitrogens with zero attached hydrogens (tertiary/aromatic N) is 3. The first-order valence-electron chi connectivity index (χ1n) is 11.5. The predicted octanol–water partition coefficient (Wildman–Crippen LogP) is 5.04. The minimum Gasteiger partial charge on any atom is -0.492 e. The second-order valence-corrected chi connectivity index (χ2v) is 9.36. The second kappa shape index (κ2) is 9.81. The Balaban J connectivity index is 1.53. The predicted molar refractivity (Wildman–Crippen MR) is 121 cm³/mol. The van der Waals surface area contributed by atoms with Gasteiger partial charge >= 0.3 is 12.8 Å². The highest BCUT2D eigenvalue weighted by atomic mass is 19.4. The van der Waals surface area contributed by atoms with Crippen molar-refractivity contribution in [2.24, 2.45) is 0 Å². The lowest BCUT2D eigenvalue weighted by Crippen LogP contribution is -2.53. The number of fused-ring (bicyclic) bond motifs is 1. The van der Waals surface area contributed by atoms with E-state index in [2.05, 4.69) is 20.0 Å². The van der Waals surface area contributed by atoms with Crippen LogP contribution in [-0.4, -0.2) is 44.9 Å². The average Bonchev–Trinajstić information content (AvgIpc) is 3.20. The van der Waals surface area contributed by atoms with Crippen molar-refractivity contribution in [3.63, 3.8) is 0 Å². The van der Waals surface area contributed by atoms with Gasteiger partial charge in [0.2, 0.25) is 5.88 Å². The summed E-state index contributed by atoms with van der Waals surface area (Å²) in [7, 11) is 0. The first-order chi connectivity index (χ1) is 16.9. The smallest absolute Gasteiger partial charge is 0.418 e. The van der Waals surface area contributed by atoms with Gasteiger partial charge < -0.3 is 24.5 Å². The summed E-state index contributed by atoms with van der Waals surface area (Å²) in [6.45, 7) is 2.38. The normalized spacial score (nSPS) is 23.0. The molecule has 1 saturated heterocycles. The molecule has 4 rings (SSSR count). The van der Waals surface area contributed by atoms with E-state index in [4.69, 9.17) is 4.74 Å². The summed E-state index contributed by atoms with van der Waals surface area (Å²) in [5, 5.41) is 14.6. The number of rotatable bonds is 7. The van der Waals surface area contributed by atoms with Crippen LogP contribution in [0, 0.1) is 0 Å². The van der Waals surface area contributed by atoms with Gasteiger partial charge in [0.1, 0.15) is 12.4 Å². The number of imidazole rings is 1. The fraction of sp³-hybridized carbons (Fsp3) is 0.500. The van der Waals surface area contributed by atoms with Crippen molar-refractivity contribution in [3.05, 3.63) is 47.9 Å². The van der Waals surface area contributed by atoms with Crippen LogP contribution in [0.15, 0.2) is 36.8 Å². The summed E-state index contributed by atoms with van der Waals surface area (Å²) in [5.74, 6) is -0.252. The maximum atomic E-state index is 13.9. The zero-order chi connectivity index (χ0) is 26.3. The maximum Gasteiger partial charge on any atom is 0.418 e. The Labute approximate surface area is 204 Å². The van der Waals surface area contributed by atoms with Crippen LogP contribution in [-0.2, 0) is 11.8 Å². The lowest BCUT2D eigenvalue weighted by atomic mass is 9.80. The quantitative estimate of drug-likeness (QED) is 0.430. The molecule has 1 aliphatic heterocycles. The van der Waals surface area contributed by atoms with Crippen LogP contribution < -0.4 is 14.8 Å². The minimum absolute atomic E-state index is 0.00425. The molecule has 36 heavy (non-hydrogen) atoms. The van der Waals surface area contributed by atoms with Crippen LogP contribution in [0.5, 0.6) is 11.6 Å². The van der Waals surface area contributed by atoms with Crippen molar-refractivity contribution in [2.45, 2.75) is 70.1 Å². The molecule has 3 atom stereocenters. The Bertz CT molecular complexity index is 1200. The van der Waals surface area contributed by atoms with E-state index in [9.17, 15) is 27.1 Å². The van der Waals surface area contributed by atoms with Crippen LogP contribution in [0.3, 0.4) is 0 Å². The fourth-order valence-corrected chi connectivity index (χ4v) is 4.71. The maximum absolute atomic E-state index is 13.9. The van der Waals surface area contributed by atoms with Crippen LogP contribution in [0.4, 0.5) is 22.0 Å². The molecule has 1 aromatic carbocycles. The van der Waals surface area contributed by atoms with E-state index in [0.717, 1.165) is 6.07 Å². The molecule has 1 aliphatic rings. The van der Waals surface area contributed by atoms with Crippen molar-refractivity contribution in [1.29, 1.82) is 0 Å². The number of nitrogens with one attached hydrogen (secondary N) is 1. The Morgan fingerprint density at radius 1 is 1.19 bits per heavy atom. The van der Waals surface area contributed by atoms with Crippen molar-refractivity contribution >= 4 is 11.0 Å². The van der Waals surface area contributed by atoms with Crippen molar-refractivity contribution < 1.29 is 36.5 Å². The summed E-state index contributed by atoms with van der Waals surface area (Å²) in [6, 6.07) is 4.37. The van der Waals surface area contributed by atoms with Gasteiger partial charge in [0.25, 0.3) is 0 Å². The van der Waals surface area contributed by atoms with E-state index in [1.165, 1.54) is 35.3 Å². The van der Waals surface area contributed by atoms with E-state index in [-0.39, 0.29) is 47.8 Å². The summed E-state index contributed by atoms with van der Waals surface area (Å²) in [4.78, 5) is 7.96. The summed E-state index contributed by atoms with van der Waals surface area (Å²) < 4.78 is 77.8. The van der Waals surface area contributed by atoms with Crippen LogP contribution in [0.2, 0.25) is 0 Å². The zero-order valence-corrected chi connectivity index (χ0v) is 19.9. The number of aliphatic hydroxyl groups is 1. The first-order valence-corrected chi connectivity index (χ1v) is 11.5. The number of hydrogen-bond donors (Lipinski definition) is 2. The number of hydrogen-bond acceptors (Lipinski definition) is 6. The Morgan fingerprint density at radius 2 is 1.94 bits per heavy atom. The highest BCUT2D eigenvalue weighted by Gasteiger charge is 2.40. The largest absolute Gasteiger partial charge is 0.492 e. The van der Waals surface area contributed by atoms with Gasteiger partial charge in [0.15, 0.2) is 0 Å². The molecule has 0 amide bonds. The molecule has 196 valence electrons. The van der Waals surface area contributed by atoms with Gasteiger partial charge in [-0.15, -0.1) is 0 Å². The van der Waals surface area contributed by atoms with Gasteiger partial charge in [0.05, 0.1) is 28.5 Å². The molecule has 0 radical (unpaired) electrons. The Kier molecular flexibility index (Phi) is 7.11. The molecule has 0 bridgehead atoms. The van der Waals surface area contributed by atoms with Crippen molar-refractivity contribution in [3.8, 4) is 11.6 Å². The SMILES string of the molecule is CC(C)n1cnc2cc(OC[C@@H]3C[C@](O)(c4ccc(OC(F)F)nc4)C[C@H](C)N3)cc(C(F)(F)F)c21. The Hall–Kier alpha value is -2.99. The molecule has 2 N–H and O–H groups in total. The molecule has 0 unspecified atom stereocenters. The summed E-state index contributed by atoms with van der Waals surface area (Å²) >= 11 is 0. The van der Waals surface area contributed by atoms with Gasteiger partial charge in [-0.25, -0.2) is 9.97 Å². The molecular formula is C24H27F5N4O3. The van der Waals surface area contributed by atoms with E-state index >= 15 is 0 Å². The highest BCUT2D eigenvalue weighted by molar-refractivity contribution is 5.81. The second-order valence-electron chi connectivity index (χ2n) is 9.36. The number of piperidine rings is 1. The third-order valence-electron chi connectivity index (χ3n) is 6.19. The van der Waals surface area contributed by atoms with E-state index in [1.54, 1.807) is 13.8 Å². The van der Waals surface area contributed by atoms with Crippen LogP contribution >= 0.6 is 0 Å². The molecule has 7 nitrogen and oxygen atoms in total. The third-order valence-corrected chi connectivity index (χ3v) is 6.19. The third kappa shape index (κ3) is 5.54. The van der Waals surface area contributed by atoms with Gasteiger partial charge in [-0.2, -0.15) is 22.0 Å². The minimum atomic E-state index is -4.60. The summed E-state index contributed by atoms with van der Waals surface area (Å²) in [6.07, 6.45) is -1.45. The first kappa shape index (κ1) is 26.1. The molecule has 3 heterocycles. The fourth-order valence-electron chi connectivity index (χ4n) is 4.71. The van der Waals surface area contributed by atoms with Gasteiger partial charge in [-0.1, -0.05) is 0 Å². The molecular weight excluding hydrogens is 487 g/mol. The van der Waals surface area contributed by atoms with E-state index in [0.29, 0.717) is 12.0 Å². The van der Waals surface area contributed by atoms with E-state index < -0.39 is 30.0 Å². The van der Waals surface area contributed by atoms with Gasteiger partial charge in [-0.3, -0.25) is 0 Å². The number of alkyl halides is 5. The van der Waals surface area contributed by atoms with Crippen LogP contribution in [0.25, 0.3) is 11.0 Å². The van der Waals surface area contributed by atoms with Gasteiger partial charge in [0, 0.05) is 42.0 Å². The lowest BCUT2D eigenvalue weighted by molar-refractivity contribution is -0.136. The van der Waals surface area contributed by atoms with Gasteiger partial charge in [-0.05, 0) is 45.7 Å². The molecule has 0 spiro atoms. The number of benzene rings is 1. The topological polar surface area (TPSA) is 81.4 Å². The number of pyridine rings is 1. The molecule has 2 aromatic heterocycles. The average molecular weight is 514 g/mol. The Morgan fingerprint density at radius 3 is 2.56 bits per heavy atom. The molecule has 3 aromatic rings. The number of ether oxygens (including phenoxy) is 2. The van der Waals surface area contributed by atoms with E-state index in [1.807, 2.05) is 6.92 Å². The summed E-state index contributed by atoms with van der Waals surface area (Å²) in [5.41, 5.74) is -1.59. The molecule has 12 heteroatoms. The molecule has 0 aliphatic carbocycles. The molecule has 1 fully saturated rings. The number of aromatic nitrogens is 3. The standard InChI is InChI=1S/C24H27F5N4O3/c1-13(2)33-12-31-19-7-17(6-18(21(19)33)24(27,28)29)35-11-16-9-23(34,8-14(3)32-16)15-4-5-20(30-10-15)36-22(25)26/h4-7,10,12-14,16,22,32,34H,8-9,11H2,1-3H3/t14-,16-,23-/m0/s1.